The third-order valence-electron chi connectivity index (χ3n) is 6.58. The second-order valence-electron chi connectivity index (χ2n) is 9.04. The van der Waals surface area contributed by atoms with Crippen LogP contribution in [0.15, 0.2) is 24.8 Å². The summed E-state index contributed by atoms with van der Waals surface area (Å²) < 4.78 is 28.1. The van der Waals surface area contributed by atoms with Gasteiger partial charge in [-0.1, -0.05) is 0 Å². The second kappa shape index (κ2) is 10.9. The third kappa shape index (κ3) is 5.56. The number of piperidine rings is 1. The van der Waals surface area contributed by atoms with Gasteiger partial charge in [0.1, 0.15) is 17.3 Å². The molecule has 1 atom stereocenters. The van der Waals surface area contributed by atoms with Gasteiger partial charge in [-0.2, -0.15) is 0 Å². The maximum atomic E-state index is 14.9. The minimum absolute atomic E-state index is 0.0115. The van der Waals surface area contributed by atoms with Crippen molar-refractivity contribution >= 4 is 29.0 Å². The van der Waals surface area contributed by atoms with E-state index < -0.39 is 29.3 Å². The summed E-state index contributed by atoms with van der Waals surface area (Å²) in [4.78, 5) is 43.1. The van der Waals surface area contributed by atoms with Gasteiger partial charge in [0.2, 0.25) is 11.8 Å². The van der Waals surface area contributed by atoms with E-state index in [4.69, 9.17) is 11.1 Å². The number of piperazine rings is 1. The zero-order valence-electron chi connectivity index (χ0n) is 20.0. The molecule has 0 radical (unpaired) electrons. The molecular formula is C23H29F2N9O2. The van der Waals surface area contributed by atoms with Crippen molar-refractivity contribution in [3.05, 3.63) is 42.2 Å². The predicted molar refractivity (Wildman–Crippen MR) is 128 cm³/mol. The standard InChI is InChI=1S/C23H29F2N9O2/c1-32-4-2-14(3-5-32)23(36)34-8-6-33(7-9-34)19-16(25)12-28-13-17(19)31-22(35)18(20(26)27)21-29-10-15(24)11-30-21/h10-14,18H,2-9H2,1H3,(H3,26,27)(H,31,35). The summed E-state index contributed by atoms with van der Waals surface area (Å²) in [7, 11) is 2.05. The first-order valence-corrected chi connectivity index (χ1v) is 11.7. The van der Waals surface area contributed by atoms with E-state index in [1.165, 1.54) is 6.20 Å². The van der Waals surface area contributed by atoms with Gasteiger partial charge in [0.05, 0.1) is 30.5 Å². The van der Waals surface area contributed by atoms with Gasteiger partial charge in [0, 0.05) is 32.1 Å². The highest BCUT2D eigenvalue weighted by atomic mass is 19.1. The topological polar surface area (TPSA) is 144 Å². The average Bonchev–Trinajstić information content (AvgIpc) is 2.85. The number of hydrogen-bond donors (Lipinski definition) is 3. The predicted octanol–water partition coefficient (Wildman–Crippen LogP) is 0.798. The lowest BCUT2D eigenvalue weighted by molar-refractivity contribution is -0.137. The van der Waals surface area contributed by atoms with Crippen LogP contribution in [-0.4, -0.2) is 88.7 Å². The van der Waals surface area contributed by atoms with Crippen LogP contribution in [0.2, 0.25) is 0 Å². The van der Waals surface area contributed by atoms with Gasteiger partial charge < -0.3 is 25.8 Å². The number of nitrogens with one attached hydrogen (secondary N) is 2. The molecule has 2 aliphatic rings. The molecule has 4 heterocycles. The van der Waals surface area contributed by atoms with E-state index in [2.05, 4.69) is 25.2 Å². The normalized spacial score (nSPS) is 18.1. The highest BCUT2D eigenvalue weighted by Gasteiger charge is 2.32. The largest absolute Gasteiger partial charge is 0.387 e. The molecule has 0 aliphatic carbocycles. The number of nitrogens with two attached hydrogens (primary N) is 1. The van der Waals surface area contributed by atoms with Crippen molar-refractivity contribution in [2.24, 2.45) is 11.7 Å². The van der Waals surface area contributed by atoms with Gasteiger partial charge in [0.15, 0.2) is 17.6 Å². The Bertz CT molecular complexity index is 1120. The molecule has 192 valence electrons. The molecule has 4 rings (SSSR count). The van der Waals surface area contributed by atoms with Crippen LogP contribution in [0.1, 0.15) is 24.6 Å². The van der Waals surface area contributed by atoms with Crippen molar-refractivity contribution < 1.29 is 18.4 Å². The van der Waals surface area contributed by atoms with Gasteiger partial charge in [-0.15, -0.1) is 0 Å². The number of aromatic nitrogens is 3. The molecule has 0 saturated carbocycles. The molecule has 0 spiro atoms. The molecule has 2 aromatic heterocycles. The zero-order valence-corrected chi connectivity index (χ0v) is 20.0. The molecular weight excluding hydrogens is 472 g/mol. The number of halogens is 2. The molecule has 2 amide bonds. The summed E-state index contributed by atoms with van der Waals surface area (Å²) in [6.07, 6.45) is 5.75. The number of amides is 2. The minimum atomic E-state index is -1.40. The molecule has 1 unspecified atom stereocenters. The maximum absolute atomic E-state index is 14.9. The lowest BCUT2D eigenvalue weighted by Gasteiger charge is -2.39. The Hall–Kier alpha value is -3.74. The van der Waals surface area contributed by atoms with Crippen LogP contribution in [0, 0.1) is 23.0 Å². The van der Waals surface area contributed by atoms with Crippen LogP contribution in [0.3, 0.4) is 0 Å². The quantitative estimate of drug-likeness (QED) is 0.389. The number of pyridine rings is 1. The van der Waals surface area contributed by atoms with E-state index in [1.807, 2.05) is 11.9 Å². The summed E-state index contributed by atoms with van der Waals surface area (Å²) in [5, 5.41) is 10.4. The van der Waals surface area contributed by atoms with Crippen LogP contribution in [-0.2, 0) is 9.59 Å². The van der Waals surface area contributed by atoms with Gasteiger partial charge in [-0.3, -0.25) is 20.0 Å². The molecule has 36 heavy (non-hydrogen) atoms. The Labute approximate surface area is 207 Å². The monoisotopic (exact) mass is 501 g/mol. The molecule has 2 saturated heterocycles. The van der Waals surface area contributed by atoms with Crippen molar-refractivity contribution in [3.63, 3.8) is 0 Å². The summed E-state index contributed by atoms with van der Waals surface area (Å²) in [5.74, 6) is -4.08. The average molecular weight is 502 g/mol. The summed E-state index contributed by atoms with van der Waals surface area (Å²) in [6, 6.07) is 0. The minimum Gasteiger partial charge on any atom is -0.387 e. The fourth-order valence-corrected chi connectivity index (χ4v) is 4.58. The van der Waals surface area contributed by atoms with E-state index in [-0.39, 0.29) is 29.0 Å². The highest BCUT2D eigenvalue weighted by molar-refractivity contribution is 6.11. The number of carbonyl (C=O) groups is 2. The van der Waals surface area contributed by atoms with Gasteiger partial charge >= 0.3 is 0 Å². The lowest BCUT2D eigenvalue weighted by Crippen LogP contribution is -2.51. The van der Waals surface area contributed by atoms with Gasteiger partial charge in [-0.05, 0) is 33.0 Å². The molecule has 0 aromatic carbocycles. The number of hydrogen-bond acceptors (Lipinski definition) is 8. The van der Waals surface area contributed by atoms with Gasteiger partial charge in [-0.25, -0.2) is 18.7 Å². The molecule has 0 bridgehead atoms. The number of rotatable bonds is 6. The first-order valence-electron chi connectivity index (χ1n) is 11.7. The second-order valence-corrected chi connectivity index (χ2v) is 9.04. The van der Waals surface area contributed by atoms with E-state index in [0.717, 1.165) is 44.5 Å². The van der Waals surface area contributed by atoms with E-state index in [9.17, 15) is 18.4 Å². The molecule has 2 fully saturated rings. The van der Waals surface area contributed by atoms with Crippen molar-refractivity contribution in [2.75, 3.05) is 56.5 Å². The van der Waals surface area contributed by atoms with Crippen molar-refractivity contribution in [3.8, 4) is 0 Å². The maximum Gasteiger partial charge on any atom is 0.242 e. The zero-order chi connectivity index (χ0) is 25.8. The fourth-order valence-electron chi connectivity index (χ4n) is 4.58. The molecule has 11 nitrogen and oxygen atoms in total. The van der Waals surface area contributed by atoms with Crippen molar-refractivity contribution in [1.29, 1.82) is 5.41 Å². The fraction of sp³-hybridized carbons (Fsp3) is 0.478. The molecule has 13 heteroatoms. The Morgan fingerprint density at radius 3 is 2.31 bits per heavy atom. The molecule has 2 aromatic rings. The summed E-state index contributed by atoms with van der Waals surface area (Å²) in [5.41, 5.74) is 5.81. The van der Waals surface area contributed by atoms with Crippen LogP contribution in [0.5, 0.6) is 0 Å². The van der Waals surface area contributed by atoms with E-state index in [1.54, 1.807) is 4.90 Å². The van der Waals surface area contributed by atoms with Crippen molar-refractivity contribution in [1.82, 2.24) is 24.8 Å². The number of nitrogens with zero attached hydrogens (tertiary/aromatic N) is 6. The van der Waals surface area contributed by atoms with Crippen LogP contribution < -0.4 is 16.0 Å². The SMILES string of the molecule is CN1CCC(C(=O)N2CCN(c3c(F)cncc3NC(=O)C(C(=N)N)c3ncc(F)cn3)CC2)CC1. The summed E-state index contributed by atoms with van der Waals surface area (Å²) >= 11 is 0. The van der Waals surface area contributed by atoms with Crippen LogP contribution in [0.25, 0.3) is 0 Å². The Morgan fingerprint density at radius 1 is 1.06 bits per heavy atom. The van der Waals surface area contributed by atoms with Crippen LogP contribution >= 0.6 is 0 Å². The molecule has 2 aliphatic heterocycles. The Balaban J connectivity index is 1.46. The van der Waals surface area contributed by atoms with Crippen molar-refractivity contribution in [2.45, 2.75) is 18.8 Å². The Kier molecular flexibility index (Phi) is 7.67. The van der Waals surface area contributed by atoms with E-state index >= 15 is 0 Å². The lowest BCUT2D eigenvalue weighted by atomic mass is 9.95. The van der Waals surface area contributed by atoms with Gasteiger partial charge in [0.25, 0.3) is 0 Å². The Morgan fingerprint density at radius 2 is 1.69 bits per heavy atom. The summed E-state index contributed by atoms with van der Waals surface area (Å²) in [6.45, 7) is 3.40. The van der Waals surface area contributed by atoms with Crippen LogP contribution in [0.4, 0.5) is 20.2 Å². The molecule has 4 N–H and O–H groups in total. The first kappa shape index (κ1) is 25.4. The number of amidine groups is 1. The van der Waals surface area contributed by atoms with E-state index in [0.29, 0.717) is 26.2 Å². The number of carbonyl (C=O) groups excluding carboxylic acids is 2. The first-order chi connectivity index (χ1) is 17.2. The third-order valence-corrected chi connectivity index (χ3v) is 6.58. The highest BCUT2D eigenvalue weighted by Crippen LogP contribution is 2.31. The number of anilines is 2. The number of likely N-dealkylation sites (tertiary alicyclic amines) is 1. The smallest absolute Gasteiger partial charge is 0.242 e.